The Balaban J connectivity index is 2.06. The summed E-state index contributed by atoms with van der Waals surface area (Å²) < 4.78 is 5.11. The van der Waals surface area contributed by atoms with Crippen molar-refractivity contribution in [2.75, 3.05) is 38.3 Å². The molecule has 0 heterocycles. The van der Waals surface area contributed by atoms with Gasteiger partial charge in [0.2, 0.25) is 0 Å². The Bertz CT molecular complexity index is 429. The first-order chi connectivity index (χ1) is 10.2. The zero-order valence-corrected chi connectivity index (χ0v) is 13.8. The van der Waals surface area contributed by atoms with Crippen LogP contribution in [0.2, 0.25) is 0 Å². The summed E-state index contributed by atoms with van der Waals surface area (Å²) in [6, 6.07) is 6.87. The number of hydrogen-bond donors (Lipinski definition) is 1. The Kier molecular flexibility index (Phi) is 6.52. The Labute approximate surface area is 129 Å². The molecule has 0 aromatic heterocycles. The van der Waals surface area contributed by atoms with Crippen molar-refractivity contribution in [3.8, 4) is 0 Å². The minimum absolute atomic E-state index is 0.766. The number of benzene rings is 1. The van der Waals surface area contributed by atoms with Crippen molar-refractivity contribution in [2.45, 2.75) is 39.7 Å². The lowest BCUT2D eigenvalue weighted by Gasteiger charge is -2.27. The second kappa shape index (κ2) is 8.40. The lowest BCUT2D eigenvalue weighted by molar-refractivity contribution is 0.199. The molecule has 0 radical (unpaired) electrons. The van der Waals surface area contributed by atoms with Crippen LogP contribution in [0.3, 0.4) is 0 Å². The van der Waals surface area contributed by atoms with Crippen LogP contribution in [0.4, 0.5) is 5.69 Å². The molecule has 118 valence electrons. The van der Waals surface area contributed by atoms with Crippen molar-refractivity contribution in [3.63, 3.8) is 0 Å². The number of aryl methyl sites for hydroxylation is 1. The lowest BCUT2D eigenvalue weighted by atomic mass is 10.1. The summed E-state index contributed by atoms with van der Waals surface area (Å²) in [4.78, 5) is 2.59. The fourth-order valence-corrected chi connectivity index (χ4v) is 2.75. The lowest BCUT2D eigenvalue weighted by Crippen LogP contribution is -2.29. The molecule has 0 spiro atoms. The largest absolute Gasteiger partial charge is 0.383 e. The van der Waals surface area contributed by atoms with Crippen LogP contribution >= 0.6 is 0 Å². The van der Waals surface area contributed by atoms with E-state index in [0.717, 1.165) is 32.2 Å². The van der Waals surface area contributed by atoms with Gasteiger partial charge in [-0.1, -0.05) is 24.6 Å². The fraction of sp³-hybridized carbons (Fsp3) is 0.667. The Morgan fingerprint density at radius 1 is 1.33 bits per heavy atom. The second-order valence-corrected chi connectivity index (χ2v) is 6.19. The molecule has 1 aliphatic rings. The van der Waals surface area contributed by atoms with Gasteiger partial charge < -0.3 is 15.0 Å². The first kappa shape index (κ1) is 16.3. The maximum absolute atomic E-state index is 5.11. The Morgan fingerprint density at radius 2 is 2.14 bits per heavy atom. The molecule has 2 rings (SSSR count). The molecule has 1 N–H and O–H groups in total. The van der Waals surface area contributed by atoms with Gasteiger partial charge in [0.25, 0.3) is 0 Å². The van der Waals surface area contributed by atoms with E-state index in [9.17, 15) is 0 Å². The highest BCUT2D eigenvalue weighted by molar-refractivity contribution is 5.55. The van der Waals surface area contributed by atoms with Crippen molar-refractivity contribution in [3.05, 3.63) is 29.3 Å². The molecule has 0 aliphatic heterocycles. The fourth-order valence-electron chi connectivity index (χ4n) is 2.75. The smallest absolute Gasteiger partial charge is 0.0587 e. The number of methoxy groups -OCH3 is 1. The summed E-state index contributed by atoms with van der Waals surface area (Å²) in [6.45, 7) is 9.41. The molecule has 0 atom stereocenters. The summed E-state index contributed by atoms with van der Waals surface area (Å²) in [5.41, 5.74) is 4.17. The molecule has 1 saturated carbocycles. The standard InChI is InChI=1S/C18H30N2O/c1-4-10-20(14-16-6-7-16)18-8-5-15(2)12-17(18)13-19-9-11-21-3/h5,8,12,16,19H,4,6-7,9-11,13-14H2,1-3H3. The minimum Gasteiger partial charge on any atom is -0.383 e. The van der Waals surface area contributed by atoms with E-state index in [-0.39, 0.29) is 0 Å². The average molecular weight is 290 g/mol. The molecule has 21 heavy (non-hydrogen) atoms. The van der Waals surface area contributed by atoms with E-state index in [4.69, 9.17) is 4.74 Å². The van der Waals surface area contributed by atoms with Gasteiger partial charge in [-0.05, 0) is 43.7 Å². The van der Waals surface area contributed by atoms with Crippen molar-refractivity contribution in [1.29, 1.82) is 0 Å². The number of rotatable bonds is 10. The van der Waals surface area contributed by atoms with E-state index in [1.165, 1.54) is 42.6 Å². The van der Waals surface area contributed by atoms with Gasteiger partial charge in [0.15, 0.2) is 0 Å². The summed E-state index contributed by atoms with van der Waals surface area (Å²) in [7, 11) is 1.75. The quantitative estimate of drug-likeness (QED) is 0.669. The van der Waals surface area contributed by atoms with E-state index >= 15 is 0 Å². The molecule has 0 unspecified atom stereocenters. The van der Waals surface area contributed by atoms with Gasteiger partial charge in [0.05, 0.1) is 6.61 Å². The third kappa shape index (κ3) is 5.33. The van der Waals surface area contributed by atoms with Crippen LogP contribution in [-0.2, 0) is 11.3 Å². The van der Waals surface area contributed by atoms with E-state index in [0.29, 0.717) is 0 Å². The third-order valence-electron chi connectivity index (χ3n) is 4.04. The van der Waals surface area contributed by atoms with Crippen molar-refractivity contribution >= 4 is 5.69 Å². The zero-order chi connectivity index (χ0) is 15.1. The average Bonchev–Trinajstić information content (AvgIpc) is 3.27. The predicted molar refractivity (Wildman–Crippen MR) is 90.0 cm³/mol. The SMILES string of the molecule is CCCN(CC1CC1)c1ccc(C)cc1CNCCOC. The Morgan fingerprint density at radius 3 is 2.81 bits per heavy atom. The molecule has 1 aliphatic carbocycles. The summed E-state index contributed by atoms with van der Waals surface area (Å²) in [6.07, 6.45) is 4.03. The van der Waals surface area contributed by atoms with Gasteiger partial charge in [-0.15, -0.1) is 0 Å². The minimum atomic E-state index is 0.766. The summed E-state index contributed by atoms with van der Waals surface area (Å²) in [5, 5.41) is 3.48. The molecule has 1 fully saturated rings. The van der Waals surface area contributed by atoms with E-state index in [2.05, 4.69) is 42.3 Å². The highest BCUT2D eigenvalue weighted by Gasteiger charge is 2.25. The van der Waals surface area contributed by atoms with Crippen LogP contribution in [0.1, 0.15) is 37.3 Å². The molecule has 0 bridgehead atoms. The zero-order valence-electron chi connectivity index (χ0n) is 13.8. The molecule has 1 aromatic carbocycles. The molecule has 0 saturated heterocycles. The molecular weight excluding hydrogens is 260 g/mol. The van der Waals surface area contributed by atoms with E-state index < -0.39 is 0 Å². The molecule has 0 amide bonds. The molecule has 3 heteroatoms. The van der Waals surface area contributed by atoms with Crippen LogP contribution in [0.15, 0.2) is 18.2 Å². The molecule has 3 nitrogen and oxygen atoms in total. The van der Waals surface area contributed by atoms with Crippen molar-refractivity contribution in [1.82, 2.24) is 5.32 Å². The number of anilines is 1. The van der Waals surface area contributed by atoms with Crippen LogP contribution in [0, 0.1) is 12.8 Å². The van der Waals surface area contributed by atoms with Gasteiger partial charge in [-0.25, -0.2) is 0 Å². The predicted octanol–water partition coefficient (Wildman–Crippen LogP) is 3.36. The molecular formula is C18H30N2O. The number of nitrogens with one attached hydrogen (secondary N) is 1. The normalized spacial score (nSPS) is 14.4. The maximum Gasteiger partial charge on any atom is 0.0587 e. The van der Waals surface area contributed by atoms with Crippen LogP contribution < -0.4 is 10.2 Å². The highest BCUT2D eigenvalue weighted by atomic mass is 16.5. The van der Waals surface area contributed by atoms with Crippen LogP contribution in [0.5, 0.6) is 0 Å². The van der Waals surface area contributed by atoms with Crippen molar-refractivity contribution < 1.29 is 4.74 Å². The van der Waals surface area contributed by atoms with E-state index in [1.54, 1.807) is 7.11 Å². The highest BCUT2D eigenvalue weighted by Crippen LogP contribution is 2.32. The van der Waals surface area contributed by atoms with Crippen LogP contribution in [-0.4, -0.2) is 33.4 Å². The first-order valence-electron chi connectivity index (χ1n) is 8.28. The monoisotopic (exact) mass is 290 g/mol. The van der Waals surface area contributed by atoms with Gasteiger partial charge in [-0.2, -0.15) is 0 Å². The van der Waals surface area contributed by atoms with Gasteiger partial charge in [0.1, 0.15) is 0 Å². The summed E-state index contributed by atoms with van der Waals surface area (Å²) in [5.74, 6) is 0.923. The van der Waals surface area contributed by atoms with Gasteiger partial charge >= 0.3 is 0 Å². The summed E-state index contributed by atoms with van der Waals surface area (Å²) >= 11 is 0. The van der Waals surface area contributed by atoms with Crippen LogP contribution in [0.25, 0.3) is 0 Å². The number of ether oxygens (including phenoxy) is 1. The maximum atomic E-state index is 5.11. The van der Waals surface area contributed by atoms with Gasteiger partial charge in [0, 0.05) is 39.0 Å². The molecule has 1 aromatic rings. The topological polar surface area (TPSA) is 24.5 Å². The Hall–Kier alpha value is -1.06. The number of nitrogens with zero attached hydrogens (tertiary/aromatic N) is 1. The van der Waals surface area contributed by atoms with Gasteiger partial charge in [-0.3, -0.25) is 0 Å². The first-order valence-corrected chi connectivity index (χ1v) is 8.28. The van der Waals surface area contributed by atoms with E-state index in [1.807, 2.05) is 0 Å². The third-order valence-corrected chi connectivity index (χ3v) is 4.04. The van der Waals surface area contributed by atoms with Crippen molar-refractivity contribution in [2.24, 2.45) is 5.92 Å². The second-order valence-electron chi connectivity index (χ2n) is 6.19. The number of hydrogen-bond acceptors (Lipinski definition) is 3.